The number of ether oxygens (including phenoxy) is 2. The first kappa shape index (κ1) is 18.4. The van der Waals surface area contributed by atoms with Gasteiger partial charge in [0.25, 0.3) is 0 Å². The lowest BCUT2D eigenvalue weighted by Crippen LogP contribution is -2.35. The predicted octanol–water partition coefficient (Wildman–Crippen LogP) is 4.43. The summed E-state index contributed by atoms with van der Waals surface area (Å²) >= 11 is 0. The molecule has 146 valence electrons. The molecule has 1 aromatic heterocycles. The van der Waals surface area contributed by atoms with Gasteiger partial charge in [-0.3, -0.25) is 4.79 Å². The highest BCUT2D eigenvalue weighted by Crippen LogP contribution is 2.42. The van der Waals surface area contributed by atoms with Crippen LogP contribution in [0.25, 0.3) is 10.9 Å². The van der Waals surface area contributed by atoms with Gasteiger partial charge >= 0.3 is 0 Å². The fourth-order valence-corrected chi connectivity index (χ4v) is 4.40. The number of carbonyl (C=O) groups excluding carboxylic acids is 1. The maximum Gasteiger partial charge on any atom is 0.210 e. The normalized spacial score (nSPS) is 17.2. The molecule has 1 amide bonds. The maximum absolute atomic E-state index is 11.8. The summed E-state index contributed by atoms with van der Waals surface area (Å²) in [4.78, 5) is 17.1. The first-order chi connectivity index (χ1) is 13.7. The molecule has 0 fully saturated rings. The molecular weight excluding hydrogens is 352 g/mol. The highest BCUT2D eigenvalue weighted by atomic mass is 16.5. The summed E-state index contributed by atoms with van der Waals surface area (Å²) in [6.07, 6.45) is 4.75. The van der Waals surface area contributed by atoms with E-state index < -0.39 is 0 Å². The van der Waals surface area contributed by atoms with Crippen LogP contribution in [0.1, 0.15) is 42.0 Å². The van der Waals surface area contributed by atoms with E-state index in [4.69, 9.17) is 9.47 Å². The summed E-state index contributed by atoms with van der Waals surface area (Å²) in [5.74, 6) is 1.74. The molecule has 0 bridgehead atoms. The van der Waals surface area contributed by atoms with Crippen LogP contribution in [0.15, 0.2) is 42.6 Å². The minimum atomic E-state index is 0.0183. The van der Waals surface area contributed by atoms with Gasteiger partial charge in [-0.15, -0.1) is 0 Å². The molecule has 2 atom stereocenters. The van der Waals surface area contributed by atoms with Crippen LogP contribution < -0.4 is 9.47 Å². The van der Waals surface area contributed by atoms with Crippen LogP contribution in [0.4, 0.5) is 0 Å². The van der Waals surface area contributed by atoms with Crippen molar-refractivity contribution in [2.24, 2.45) is 0 Å². The van der Waals surface area contributed by atoms with Crippen LogP contribution in [0.3, 0.4) is 0 Å². The van der Waals surface area contributed by atoms with Gasteiger partial charge < -0.3 is 19.4 Å². The zero-order valence-electron chi connectivity index (χ0n) is 16.6. The van der Waals surface area contributed by atoms with Gasteiger partial charge in [-0.1, -0.05) is 25.1 Å². The molecular formula is C23H26N2O3. The third-order valence-corrected chi connectivity index (χ3v) is 5.91. The van der Waals surface area contributed by atoms with E-state index in [1.807, 2.05) is 17.0 Å². The number of fused-ring (bicyclic) bond motifs is 2. The molecule has 2 heterocycles. The Kier molecular flexibility index (Phi) is 4.99. The van der Waals surface area contributed by atoms with E-state index in [2.05, 4.69) is 42.4 Å². The molecule has 0 saturated heterocycles. The lowest BCUT2D eigenvalue weighted by Gasteiger charge is -2.36. The van der Waals surface area contributed by atoms with Gasteiger partial charge in [0.15, 0.2) is 11.5 Å². The SMILES string of the molecule is COc1cc2c(cc1OC)[C@H](CC(C)c1c[nH]c3ccccc13)N(C=O)CC2. The molecule has 3 aromatic rings. The molecule has 1 N–H and O–H groups in total. The van der Waals surface area contributed by atoms with Crippen molar-refractivity contribution >= 4 is 17.3 Å². The van der Waals surface area contributed by atoms with Crippen LogP contribution in [0.2, 0.25) is 0 Å². The van der Waals surface area contributed by atoms with Crippen molar-refractivity contribution in [1.29, 1.82) is 0 Å². The zero-order chi connectivity index (χ0) is 19.7. The van der Waals surface area contributed by atoms with Crippen molar-refractivity contribution in [2.45, 2.75) is 31.7 Å². The number of amides is 1. The molecule has 28 heavy (non-hydrogen) atoms. The second-order valence-corrected chi connectivity index (χ2v) is 7.44. The number of carbonyl (C=O) groups is 1. The van der Waals surface area contributed by atoms with Gasteiger partial charge in [0, 0.05) is 23.6 Å². The molecule has 4 rings (SSSR count). The number of aromatic amines is 1. The number of benzene rings is 2. The Hall–Kier alpha value is -2.95. The third kappa shape index (κ3) is 3.11. The quantitative estimate of drug-likeness (QED) is 0.646. The lowest BCUT2D eigenvalue weighted by atomic mass is 9.85. The molecule has 2 aromatic carbocycles. The Balaban J connectivity index is 1.70. The van der Waals surface area contributed by atoms with E-state index in [0.717, 1.165) is 42.6 Å². The topological polar surface area (TPSA) is 54.6 Å². The Bertz CT molecular complexity index is 995. The summed E-state index contributed by atoms with van der Waals surface area (Å²) in [6.45, 7) is 2.95. The van der Waals surface area contributed by atoms with Crippen molar-refractivity contribution in [2.75, 3.05) is 20.8 Å². The summed E-state index contributed by atoms with van der Waals surface area (Å²) in [6, 6.07) is 12.5. The number of hydrogen-bond acceptors (Lipinski definition) is 3. The van der Waals surface area contributed by atoms with Crippen molar-refractivity contribution in [3.63, 3.8) is 0 Å². The molecule has 0 spiro atoms. The number of hydrogen-bond donors (Lipinski definition) is 1. The third-order valence-electron chi connectivity index (χ3n) is 5.91. The summed E-state index contributed by atoms with van der Waals surface area (Å²) in [5.41, 5.74) is 4.82. The van der Waals surface area contributed by atoms with E-state index in [1.54, 1.807) is 14.2 Å². The van der Waals surface area contributed by atoms with Crippen LogP contribution in [0, 0.1) is 0 Å². The summed E-state index contributed by atoms with van der Waals surface area (Å²) < 4.78 is 11.0. The average molecular weight is 378 g/mol. The highest BCUT2D eigenvalue weighted by Gasteiger charge is 2.30. The van der Waals surface area contributed by atoms with Crippen LogP contribution >= 0.6 is 0 Å². The fraction of sp³-hybridized carbons (Fsp3) is 0.348. The first-order valence-corrected chi connectivity index (χ1v) is 9.68. The molecule has 0 saturated carbocycles. The van der Waals surface area contributed by atoms with Crippen molar-refractivity contribution in [3.05, 3.63) is 59.3 Å². The van der Waals surface area contributed by atoms with Crippen LogP contribution in [-0.4, -0.2) is 37.1 Å². The van der Waals surface area contributed by atoms with Gasteiger partial charge in [0.05, 0.1) is 20.3 Å². The Morgan fingerprint density at radius 3 is 2.71 bits per heavy atom. The average Bonchev–Trinajstić information content (AvgIpc) is 3.17. The lowest BCUT2D eigenvalue weighted by molar-refractivity contribution is -0.120. The molecule has 5 heteroatoms. The number of aromatic nitrogens is 1. The van der Waals surface area contributed by atoms with Gasteiger partial charge in [-0.2, -0.15) is 0 Å². The van der Waals surface area contributed by atoms with Gasteiger partial charge in [-0.25, -0.2) is 0 Å². The van der Waals surface area contributed by atoms with E-state index in [9.17, 15) is 4.79 Å². The first-order valence-electron chi connectivity index (χ1n) is 9.68. The molecule has 1 unspecified atom stereocenters. The predicted molar refractivity (Wildman–Crippen MR) is 110 cm³/mol. The Morgan fingerprint density at radius 2 is 1.96 bits per heavy atom. The van der Waals surface area contributed by atoms with Crippen molar-refractivity contribution in [1.82, 2.24) is 9.88 Å². The van der Waals surface area contributed by atoms with E-state index in [0.29, 0.717) is 11.7 Å². The molecule has 0 radical (unpaired) electrons. The van der Waals surface area contributed by atoms with Crippen LogP contribution in [-0.2, 0) is 11.2 Å². The van der Waals surface area contributed by atoms with Crippen molar-refractivity contribution < 1.29 is 14.3 Å². The number of rotatable bonds is 6. The molecule has 1 aliphatic heterocycles. The number of nitrogens with one attached hydrogen (secondary N) is 1. The van der Waals surface area contributed by atoms with Crippen LogP contribution in [0.5, 0.6) is 11.5 Å². The number of para-hydroxylation sites is 1. The second-order valence-electron chi connectivity index (χ2n) is 7.44. The van der Waals surface area contributed by atoms with E-state index >= 15 is 0 Å². The maximum atomic E-state index is 11.8. The minimum absolute atomic E-state index is 0.0183. The largest absolute Gasteiger partial charge is 0.493 e. The molecule has 1 aliphatic rings. The summed E-state index contributed by atoms with van der Waals surface area (Å²) in [7, 11) is 3.30. The Labute approximate surface area is 165 Å². The van der Waals surface area contributed by atoms with E-state index in [1.165, 1.54) is 16.5 Å². The van der Waals surface area contributed by atoms with Gasteiger partial charge in [-0.05, 0) is 53.6 Å². The number of H-pyrrole nitrogens is 1. The van der Waals surface area contributed by atoms with Gasteiger partial charge in [0.1, 0.15) is 0 Å². The second kappa shape index (κ2) is 7.58. The smallest absolute Gasteiger partial charge is 0.210 e. The molecule has 5 nitrogen and oxygen atoms in total. The highest BCUT2D eigenvalue weighted by molar-refractivity contribution is 5.83. The monoisotopic (exact) mass is 378 g/mol. The summed E-state index contributed by atoms with van der Waals surface area (Å²) in [5, 5.41) is 1.25. The zero-order valence-corrected chi connectivity index (χ0v) is 16.6. The Morgan fingerprint density at radius 1 is 1.21 bits per heavy atom. The minimum Gasteiger partial charge on any atom is -0.493 e. The molecule has 0 aliphatic carbocycles. The van der Waals surface area contributed by atoms with Gasteiger partial charge in [0.2, 0.25) is 6.41 Å². The van der Waals surface area contributed by atoms with E-state index in [-0.39, 0.29) is 6.04 Å². The van der Waals surface area contributed by atoms with Crippen molar-refractivity contribution in [3.8, 4) is 11.5 Å². The fourth-order valence-electron chi connectivity index (χ4n) is 4.40. The standard InChI is InChI=1S/C23H26N2O3/c1-15(19-13-24-20-7-5-4-6-17(19)20)10-21-18-12-23(28-3)22(27-2)11-16(18)8-9-25(21)14-26/h4-7,11-15,21,24H,8-10H2,1-3H3/t15?,21-/m0/s1. The number of methoxy groups -OCH3 is 2. The number of nitrogens with zero attached hydrogens (tertiary/aromatic N) is 1.